The molecule has 0 rings (SSSR count). The predicted octanol–water partition coefficient (Wildman–Crippen LogP) is 0.910. The second-order valence-electron chi connectivity index (χ2n) is 2.12. The molecule has 0 spiro atoms. The first-order valence-corrected chi connectivity index (χ1v) is 4.10. The van der Waals surface area contributed by atoms with Crippen molar-refractivity contribution < 1.29 is 14.6 Å². The molecule has 0 aromatic carbocycles. The molecular formula is C8H12ClO3. The molecule has 69 valence electrons. The average Bonchev–Trinajstić information content (AvgIpc) is 2.11. The van der Waals surface area contributed by atoms with Crippen LogP contribution in [0.5, 0.6) is 0 Å². The van der Waals surface area contributed by atoms with Gasteiger partial charge in [-0.25, -0.2) is 4.79 Å². The number of ether oxygens (including phenoxy) is 1. The molecule has 0 aliphatic carbocycles. The summed E-state index contributed by atoms with van der Waals surface area (Å²) in [5.41, 5.74) is 0. The molecule has 0 bridgehead atoms. The number of halogens is 1. The Morgan fingerprint density at radius 1 is 1.75 bits per heavy atom. The molecule has 0 aromatic rings. The number of hydrogen-bond acceptors (Lipinski definition) is 3. The summed E-state index contributed by atoms with van der Waals surface area (Å²) in [5.74, 6) is -0.293. The number of esters is 1. The van der Waals surface area contributed by atoms with Gasteiger partial charge in [0.15, 0.2) is 0 Å². The van der Waals surface area contributed by atoms with Gasteiger partial charge in [-0.3, -0.25) is 0 Å². The summed E-state index contributed by atoms with van der Waals surface area (Å²) in [4.78, 5) is 10.5. The van der Waals surface area contributed by atoms with E-state index in [1.807, 2.05) is 0 Å². The van der Waals surface area contributed by atoms with Crippen molar-refractivity contribution in [2.24, 2.45) is 0 Å². The zero-order valence-electron chi connectivity index (χ0n) is 6.70. The van der Waals surface area contributed by atoms with E-state index in [2.05, 4.69) is 11.3 Å². The van der Waals surface area contributed by atoms with Crippen LogP contribution in [0.2, 0.25) is 0 Å². The van der Waals surface area contributed by atoms with Crippen molar-refractivity contribution in [3.05, 3.63) is 19.1 Å². The first kappa shape index (κ1) is 11.5. The first-order chi connectivity index (χ1) is 5.70. The van der Waals surface area contributed by atoms with Crippen LogP contribution < -0.4 is 0 Å². The summed E-state index contributed by atoms with van der Waals surface area (Å²) in [6.45, 7) is 3.48. The van der Waals surface area contributed by atoms with Crippen molar-refractivity contribution in [2.45, 2.75) is 12.5 Å². The SMILES string of the molecule is C=CC(=O)OCC[CH]C(O)CCl. The van der Waals surface area contributed by atoms with E-state index in [0.717, 1.165) is 6.08 Å². The number of carbonyl (C=O) groups is 1. The fourth-order valence-corrected chi connectivity index (χ4v) is 0.668. The van der Waals surface area contributed by atoms with E-state index in [0.29, 0.717) is 6.42 Å². The Morgan fingerprint density at radius 2 is 2.42 bits per heavy atom. The van der Waals surface area contributed by atoms with E-state index in [1.165, 1.54) is 0 Å². The van der Waals surface area contributed by atoms with Crippen LogP contribution in [0.3, 0.4) is 0 Å². The van der Waals surface area contributed by atoms with Gasteiger partial charge in [-0.15, -0.1) is 11.6 Å². The third-order valence-corrected chi connectivity index (χ3v) is 1.44. The molecule has 1 radical (unpaired) electrons. The van der Waals surface area contributed by atoms with E-state index in [4.69, 9.17) is 16.7 Å². The summed E-state index contributed by atoms with van der Waals surface area (Å²) in [7, 11) is 0. The molecule has 0 amide bonds. The van der Waals surface area contributed by atoms with Gasteiger partial charge in [0, 0.05) is 12.0 Å². The minimum absolute atomic E-state index is 0.162. The molecule has 1 unspecified atom stereocenters. The lowest BCUT2D eigenvalue weighted by molar-refractivity contribution is -0.137. The van der Waals surface area contributed by atoms with E-state index in [-0.39, 0.29) is 12.5 Å². The van der Waals surface area contributed by atoms with Crippen molar-refractivity contribution in [3.8, 4) is 0 Å². The second kappa shape index (κ2) is 7.13. The van der Waals surface area contributed by atoms with Crippen molar-refractivity contribution >= 4 is 17.6 Å². The van der Waals surface area contributed by atoms with Crippen molar-refractivity contribution in [3.63, 3.8) is 0 Å². The number of aliphatic hydroxyl groups excluding tert-OH is 1. The van der Waals surface area contributed by atoms with Gasteiger partial charge in [-0.1, -0.05) is 6.58 Å². The highest BCUT2D eigenvalue weighted by Crippen LogP contribution is 1.97. The molecule has 0 aromatic heterocycles. The molecular weight excluding hydrogens is 180 g/mol. The van der Waals surface area contributed by atoms with Gasteiger partial charge in [0.1, 0.15) is 0 Å². The molecule has 0 saturated carbocycles. The molecule has 1 atom stereocenters. The van der Waals surface area contributed by atoms with Gasteiger partial charge in [0.05, 0.1) is 12.7 Å². The summed E-state index contributed by atoms with van der Waals surface area (Å²) >= 11 is 5.32. The topological polar surface area (TPSA) is 46.5 Å². The van der Waals surface area contributed by atoms with Crippen LogP contribution in [-0.2, 0) is 9.53 Å². The number of aliphatic hydroxyl groups is 1. The predicted molar refractivity (Wildman–Crippen MR) is 46.8 cm³/mol. The largest absolute Gasteiger partial charge is 0.463 e. The Morgan fingerprint density at radius 3 is 2.92 bits per heavy atom. The molecule has 4 heteroatoms. The maximum atomic E-state index is 10.5. The zero-order chi connectivity index (χ0) is 9.40. The van der Waals surface area contributed by atoms with Crippen LogP contribution in [0.4, 0.5) is 0 Å². The van der Waals surface area contributed by atoms with Gasteiger partial charge in [0.25, 0.3) is 0 Å². The van der Waals surface area contributed by atoms with Crippen LogP contribution in [0.1, 0.15) is 6.42 Å². The Hall–Kier alpha value is -0.540. The average molecular weight is 192 g/mol. The third-order valence-electron chi connectivity index (χ3n) is 1.13. The number of alkyl halides is 1. The van der Waals surface area contributed by atoms with Gasteiger partial charge in [-0.2, -0.15) is 0 Å². The van der Waals surface area contributed by atoms with Crippen LogP contribution >= 0.6 is 11.6 Å². The second-order valence-corrected chi connectivity index (χ2v) is 2.43. The Bertz CT molecular complexity index is 147. The fraction of sp³-hybridized carbons (Fsp3) is 0.500. The smallest absolute Gasteiger partial charge is 0.330 e. The van der Waals surface area contributed by atoms with Gasteiger partial charge in [0.2, 0.25) is 0 Å². The highest BCUT2D eigenvalue weighted by Gasteiger charge is 2.02. The highest BCUT2D eigenvalue weighted by molar-refractivity contribution is 6.18. The summed E-state index contributed by atoms with van der Waals surface area (Å²) in [6, 6.07) is 0. The zero-order valence-corrected chi connectivity index (χ0v) is 7.46. The summed E-state index contributed by atoms with van der Waals surface area (Å²) < 4.78 is 4.64. The molecule has 0 saturated heterocycles. The quantitative estimate of drug-likeness (QED) is 0.294. The van der Waals surface area contributed by atoms with Crippen molar-refractivity contribution in [2.75, 3.05) is 12.5 Å². The lowest BCUT2D eigenvalue weighted by Crippen LogP contribution is -2.11. The summed E-state index contributed by atoms with van der Waals surface area (Å²) in [6.07, 6.45) is 2.54. The minimum atomic E-state index is -0.630. The van der Waals surface area contributed by atoms with Crippen LogP contribution in [0.15, 0.2) is 12.7 Å². The molecule has 3 nitrogen and oxygen atoms in total. The number of rotatable bonds is 6. The van der Waals surface area contributed by atoms with Crippen molar-refractivity contribution in [1.82, 2.24) is 0 Å². The van der Waals surface area contributed by atoms with E-state index < -0.39 is 12.1 Å². The monoisotopic (exact) mass is 191 g/mol. The van der Waals surface area contributed by atoms with Gasteiger partial charge in [-0.05, 0) is 12.8 Å². The maximum absolute atomic E-state index is 10.5. The maximum Gasteiger partial charge on any atom is 0.330 e. The standard InChI is InChI=1S/C8H12ClO3/c1-2-8(11)12-5-3-4-7(10)6-9/h2,4,7,10H,1,3,5-6H2. The fourth-order valence-electron chi connectivity index (χ4n) is 0.542. The first-order valence-electron chi connectivity index (χ1n) is 3.57. The van der Waals surface area contributed by atoms with E-state index in [1.54, 1.807) is 6.42 Å². The lowest BCUT2D eigenvalue weighted by Gasteiger charge is -2.05. The molecule has 0 heterocycles. The molecule has 12 heavy (non-hydrogen) atoms. The third kappa shape index (κ3) is 6.19. The van der Waals surface area contributed by atoms with E-state index >= 15 is 0 Å². The van der Waals surface area contributed by atoms with Crippen molar-refractivity contribution in [1.29, 1.82) is 0 Å². The van der Waals surface area contributed by atoms with Crippen LogP contribution in [0.25, 0.3) is 0 Å². The number of hydrogen-bond donors (Lipinski definition) is 1. The van der Waals surface area contributed by atoms with Gasteiger partial charge < -0.3 is 9.84 Å². The van der Waals surface area contributed by atoms with Crippen LogP contribution in [-0.4, -0.2) is 29.7 Å². The number of carbonyl (C=O) groups excluding carboxylic acids is 1. The van der Waals surface area contributed by atoms with Gasteiger partial charge >= 0.3 is 5.97 Å². The molecule has 0 aliphatic heterocycles. The molecule has 0 fully saturated rings. The van der Waals surface area contributed by atoms with Crippen LogP contribution in [0, 0.1) is 6.42 Å². The Kier molecular flexibility index (Phi) is 6.81. The Balaban J connectivity index is 3.21. The van der Waals surface area contributed by atoms with E-state index in [9.17, 15) is 4.79 Å². The lowest BCUT2D eigenvalue weighted by atomic mass is 10.2. The molecule has 1 N–H and O–H groups in total. The Labute approximate surface area is 77.0 Å². The normalized spacial score (nSPS) is 12.2. The summed E-state index contributed by atoms with van der Waals surface area (Å²) in [5, 5.41) is 8.93. The molecule has 0 aliphatic rings. The minimum Gasteiger partial charge on any atom is -0.463 e. The highest BCUT2D eigenvalue weighted by atomic mass is 35.5.